The molecule has 3 aromatic rings. The van der Waals surface area contributed by atoms with E-state index in [9.17, 15) is 10.1 Å². The van der Waals surface area contributed by atoms with Crippen LogP contribution in [0.25, 0.3) is 5.57 Å². The Kier molecular flexibility index (Phi) is 7.13. The summed E-state index contributed by atoms with van der Waals surface area (Å²) in [6.45, 7) is 7.21. The van der Waals surface area contributed by atoms with Crippen LogP contribution in [0.2, 0.25) is 29.7 Å². The van der Waals surface area contributed by atoms with Crippen molar-refractivity contribution in [3.63, 3.8) is 0 Å². The molecule has 1 fully saturated rings. The second kappa shape index (κ2) is 9.97. The number of hydrogen-bond acceptors (Lipinski definition) is 5. The van der Waals surface area contributed by atoms with Gasteiger partial charge in [-0.05, 0) is 64.0 Å². The Bertz CT molecular complexity index is 1490. The number of halogens is 3. The summed E-state index contributed by atoms with van der Waals surface area (Å²) >= 11 is 15.0. The fourth-order valence-corrected chi connectivity index (χ4v) is 10.2. The molecule has 0 N–H and O–H groups in total. The highest BCUT2D eigenvalue weighted by molar-refractivity contribution is 14.1. The second-order valence-electron chi connectivity index (χ2n) is 10.8. The number of amides is 1. The summed E-state index contributed by atoms with van der Waals surface area (Å²) < 4.78 is 9.08. The maximum Gasteiger partial charge on any atom is 0.258 e. The third kappa shape index (κ3) is 4.55. The van der Waals surface area contributed by atoms with E-state index in [1.54, 1.807) is 37.4 Å². The van der Waals surface area contributed by atoms with Crippen LogP contribution in [0.15, 0.2) is 48.2 Å². The third-order valence-electron chi connectivity index (χ3n) is 7.22. The van der Waals surface area contributed by atoms with E-state index >= 15 is 0 Å². The van der Waals surface area contributed by atoms with E-state index in [0.717, 1.165) is 14.6 Å². The Morgan fingerprint density at radius 1 is 1.18 bits per heavy atom. The lowest BCUT2D eigenvalue weighted by atomic mass is 9.85. The molecule has 2 aromatic carbocycles. The van der Waals surface area contributed by atoms with Crippen molar-refractivity contribution >= 4 is 70.7 Å². The minimum absolute atomic E-state index is 0.0727. The molecule has 1 saturated heterocycles. The minimum atomic E-state index is -1.69. The molecule has 38 heavy (non-hydrogen) atoms. The average Bonchev–Trinajstić information content (AvgIpc) is 3.48. The molecule has 2 aliphatic heterocycles. The number of benzene rings is 2. The third-order valence-corrected chi connectivity index (χ3v) is 10.9. The summed E-state index contributed by atoms with van der Waals surface area (Å²) in [5.41, 5.74) is 1.94. The van der Waals surface area contributed by atoms with Crippen LogP contribution in [0.1, 0.15) is 29.2 Å². The molecule has 7 nitrogen and oxygen atoms in total. The lowest BCUT2D eigenvalue weighted by Gasteiger charge is -2.34. The molecule has 196 valence electrons. The van der Waals surface area contributed by atoms with Gasteiger partial charge in [0.05, 0.1) is 35.7 Å². The van der Waals surface area contributed by atoms with Crippen LogP contribution in [-0.2, 0) is 16.0 Å². The van der Waals surface area contributed by atoms with E-state index in [-0.39, 0.29) is 11.9 Å². The molecule has 0 radical (unpaired) electrons. The van der Waals surface area contributed by atoms with Gasteiger partial charge in [-0.2, -0.15) is 5.26 Å². The zero-order valence-corrected chi connectivity index (χ0v) is 26.1. The van der Waals surface area contributed by atoms with Crippen LogP contribution in [0.4, 0.5) is 0 Å². The Labute approximate surface area is 246 Å². The van der Waals surface area contributed by atoms with Crippen molar-refractivity contribution in [2.75, 3.05) is 13.7 Å². The fraction of sp³-hybridized carbons (Fsp3) is 0.333. The molecule has 5 rings (SSSR count). The van der Waals surface area contributed by atoms with Crippen molar-refractivity contribution in [1.82, 2.24) is 19.9 Å². The van der Waals surface area contributed by atoms with Crippen molar-refractivity contribution < 1.29 is 9.53 Å². The second-order valence-corrected chi connectivity index (χ2v) is 17.6. The van der Waals surface area contributed by atoms with Crippen molar-refractivity contribution in [2.45, 2.75) is 44.1 Å². The number of methoxy groups -OCH3 is 1. The minimum Gasteiger partial charge on any atom is -0.498 e. The Morgan fingerprint density at radius 3 is 2.39 bits per heavy atom. The normalized spacial score (nSPS) is 21.2. The first-order chi connectivity index (χ1) is 18.0. The standard InChI is InChI=1S/C27H26Cl2IN5O2Si/c1-37-23-22(18-9-19(28)11-20(29)10-18)26(36)34-15-21(35-24(30)25(32-33-35)38(2,3)4)13-27(23,34)12-16-5-7-17(14-31)8-6-16/h5-11,21H,12-13,15H2,1-4H3/t21-,27?/m0/s1. The van der Waals surface area contributed by atoms with E-state index in [1.807, 2.05) is 21.7 Å². The molecule has 1 unspecified atom stereocenters. The number of hydrogen-bond donors (Lipinski definition) is 0. The monoisotopic (exact) mass is 677 g/mol. The maximum atomic E-state index is 14.1. The van der Waals surface area contributed by atoms with Crippen LogP contribution >= 0.6 is 45.8 Å². The Morgan fingerprint density at radius 2 is 1.84 bits per heavy atom. The summed E-state index contributed by atoms with van der Waals surface area (Å²) in [5.74, 6) is 0.463. The van der Waals surface area contributed by atoms with E-state index in [1.165, 1.54) is 0 Å². The van der Waals surface area contributed by atoms with Gasteiger partial charge in [0.15, 0.2) is 0 Å². The van der Waals surface area contributed by atoms with E-state index in [0.29, 0.717) is 51.9 Å². The fourth-order valence-electron chi connectivity index (χ4n) is 5.57. The van der Waals surface area contributed by atoms with Crippen molar-refractivity contribution in [1.29, 1.82) is 5.26 Å². The predicted octanol–water partition coefficient (Wildman–Crippen LogP) is 5.43. The Balaban J connectivity index is 1.65. The van der Waals surface area contributed by atoms with Gasteiger partial charge in [0.25, 0.3) is 5.91 Å². The first-order valence-electron chi connectivity index (χ1n) is 12.2. The Hall–Kier alpha value is -2.39. The van der Waals surface area contributed by atoms with E-state index < -0.39 is 13.6 Å². The lowest BCUT2D eigenvalue weighted by molar-refractivity contribution is -0.126. The van der Waals surface area contributed by atoms with Crippen molar-refractivity contribution in [3.8, 4) is 6.07 Å². The summed E-state index contributed by atoms with van der Waals surface area (Å²) in [6, 6.07) is 14.7. The molecule has 2 aliphatic rings. The lowest BCUT2D eigenvalue weighted by Crippen LogP contribution is -2.45. The number of fused-ring (bicyclic) bond motifs is 1. The highest BCUT2D eigenvalue weighted by Crippen LogP contribution is 2.52. The highest BCUT2D eigenvalue weighted by atomic mass is 127. The van der Waals surface area contributed by atoms with Crippen LogP contribution in [0.5, 0.6) is 0 Å². The van der Waals surface area contributed by atoms with Crippen LogP contribution in [0, 0.1) is 15.0 Å². The van der Waals surface area contributed by atoms with Gasteiger partial charge in [0, 0.05) is 29.4 Å². The number of carbonyl (C=O) groups is 1. The van der Waals surface area contributed by atoms with Crippen LogP contribution < -0.4 is 5.32 Å². The summed E-state index contributed by atoms with van der Waals surface area (Å²) in [6.07, 6.45) is 1.12. The molecule has 1 aromatic heterocycles. The summed E-state index contributed by atoms with van der Waals surface area (Å²) in [5, 5.41) is 20.3. The van der Waals surface area contributed by atoms with E-state index in [2.05, 4.69) is 58.6 Å². The van der Waals surface area contributed by atoms with Crippen LogP contribution in [0.3, 0.4) is 0 Å². The molecule has 0 saturated carbocycles. The maximum absolute atomic E-state index is 14.1. The first kappa shape index (κ1) is 27.2. The van der Waals surface area contributed by atoms with E-state index in [4.69, 9.17) is 27.9 Å². The number of ether oxygens (including phenoxy) is 1. The molecule has 0 spiro atoms. The number of rotatable bonds is 6. The zero-order valence-electron chi connectivity index (χ0n) is 21.4. The molecule has 2 atom stereocenters. The van der Waals surface area contributed by atoms with Gasteiger partial charge in [-0.15, -0.1) is 5.10 Å². The predicted molar refractivity (Wildman–Crippen MR) is 159 cm³/mol. The molecule has 0 aliphatic carbocycles. The zero-order chi connectivity index (χ0) is 27.4. The number of aromatic nitrogens is 3. The van der Waals surface area contributed by atoms with Gasteiger partial charge in [-0.1, -0.05) is 60.2 Å². The van der Waals surface area contributed by atoms with Crippen LogP contribution in [-0.4, -0.2) is 53.1 Å². The van der Waals surface area contributed by atoms with Gasteiger partial charge >= 0.3 is 0 Å². The number of carbonyl (C=O) groups excluding carboxylic acids is 1. The van der Waals surface area contributed by atoms with Gasteiger partial charge in [0.2, 0.25) is 0 Å². The smallest absolute Gasteiger partial charge is 0.258 e. The molecule has 0 bridgehead atoms. The van der Waals surface area contributed by atoms with Gasteiger partial charge in [-0.25, -0.2) is 4.68 Å². The van der Waals surface area contributed by atoms with Gasteiger partial charge in [-0.3, -0.25) is 4.79 Å². The molecule has 1 amide bonds. The highest BCUT2D eigenvalue weighted by Gasteiger charge is 2.59. The summed E-state index contributed by atoms with van der Waals surface area (Å²) in [4.78, 5) is 16.0. The quantitative estimate of drug-likeness (QED) is 0.257. The summed E-state index contributed by atoms with van der Waals surface area (Å²) in [7, 11) is -0.0869. The van der Waals surface area contributed by atoms with Crippen molar-refractivity contribution in [3.05, 3.63) is 78.7 Å². The molecule has 11 heteroatoms. The topological polar surface area (TPSA) is 84.0 Å². The average molecular weight is 678 g/mol. The largest absolute Gasteiger partial charge is 0.498 e. The number of nitriles is 1. The van der Waals surface area contributed by atoms with Gasteiger partial charge in [0.1, 0.15) is 23.1 Å². The molecule has 3 heterocycles. The van der Waals surface area contributed by atoms with Crippen molar-refractivity contribution in [2.24, 2.45) is 0 Å². The molecular weight excluding hydrogens is 652 g/mol. The first-order valence-corrected chi connectivity index (χ1v) is 17.5. The van der Waals surface area contributed by atoms with Gasteiger partial charge < -0.3 is 9.64 Å². The number of nitrogens with zero attached hydrogens (tertiary/aromatic N) is 5. The SMILES string of the molecule is COC1=C(c2cc(Cl)cc(Cl)c2)C(=O)N2C[C@@H](n3nnc([Si](C)(C)C)c3I)CC12Cc1ccc(C#N)cc1. The molecular formula is C27H26Cl2IN5O2Si.